The number of thiophene rings is 1. The zero-order chi connectivity index (χ0) is 13.5. The van der Waals surface area contributed by atoms with Crippen molar-refractivity contribution in [1.29, 1.82) is 0 Å². The van der Waals surface area contributed by atoms with Crippen LogP contribution in [0.4, 0.5) is 4.79 Å². The van der Waals surface area contributed by atoms with Gasteiger partial charge in [-0.2, -0.15) is 0 Å². The summed E-state index contributed by atoms with van der Waals surface area (Å²) in [5.41, 5.74) is 0. The molecule has 1 rings (SSSR count). The lowest BCUT2D eigenvalue weighted by molar-refractivity contribution is -0.137. The largest absolute Gasteiger partial charge is 0.481 e. The van der Waals surface area contributed by atoms with Crippen LogP contribution in [0.25, 0.3) is 0 Å². The Balaban J connectivity index is 2.53. The molecule has 2 amide bonds. The maximum atomic E-state index is 12.1. The van der Waals surface area contributed by atoms with Gasteiger partial charge in [-0.25, -0.2) is 4.79 Å². The van der Waals surface area contributed by atoms with Crippen molar-refractivity contribution >= 4 is 23.3 Å². The highest BCUT2D eigenvalue weighted by Gasteiger charge is 2.17. The maximum absolute atomic E-state index is 12.1. The lowest BCUT2D eigenvalue weighted by Crippen LogP contribution is -2.41. The fourth-order valence-corrected chi connectivity index (χ4v) is 2.23. The summed E-state index contributed by atoms with van der Waals surface area (Å²) in [7, 11) is 1.63. The van der Waals surface area contributed by atoms with E-state index in [1.165, 1.54) is 4.90 Å². The van der Waals surface area contributed by atoms with E-state index in [9.17, 15) is 9.59 Å². The lowest BCUT2D eigenvalue weighted by Gasteiger charge is -2.26. The van der Waals surface area contributed by atoms with Gasteiger partial charge in [0.25, 0.3) is 0 Å². The van der Waals surface area contributed by atoms with Crippen molar-refractivity contribution in [1.82, 2.24) is 9.80 Å². The molecule has 0 radical (unpaired) electrons. The third-order valence-corrected chi connectivity index (χ3v) is 3.43. The van der Waals surface area contributed by atoms with E-state index in [1.54, 1.807) is 23.3 Å². The average Bonchev–Trinajstić information content (AvgIpc) is 2.84. The van der Waals surface area contributed by atoms with Crippen molar-refractivity contribution in [2.45, 2.75) is 19.9 Å². The summed E-state index contributed by atoms with van der Waals surface area (Å²) in [6.07, 6.45) is -0.0290. The molecule has 5 nitrogen and oxygen atoms in total. The Morgan fingerprint density at radius 2 is 2.17 bits per heavy atom. The number of rotatable bonds is 6. The van der Waals surface area contributed by atoms with Crippen molar-refractivity contribution < 1.29 is 14.7 Å². The molecule has 0 atom stereocenters. The number of urea groups is 1. The Kier molecular flexibility index (Phi) is 5.64. The highest BCUT2D eigenvalue weighted by molar-refractivity contribution is 7.09. The summed E-state index contributed by atoms with van der Waals surface area (Å²) in [5, 5.41) is 10.6. The van der Waals surface area contributed by atoms with Gasteiger partial charge in [0, 0.05) is 25.0 Å². The van der Waals surface area contributed by atoms with Gasteiger partial charge >= 0.3 is 12.0 Å². The monoisotopic (exact) mass is 270 g/mol. The van der Waals surface area contributed by atoms with Crippen LogP contribution < -0.4 is 0 Å². The van der Waals surface area contributed by atoms with Gasteiger partial charge < -0.3 is 14.9 Å². The normalized spacial score (nSPS) is 10.1. The number of carboxylic acid groups (broad SMARTS) is 1. The van der Waals surface area contributed by atoms with E-state index in [-0.39, 0.29) is 19.0 Å². The van der Waals surface area contributed by atoms with Crippen LogP contribution in [0.3, 0.4) is 0 Å². The summed E-state index contributed by atoms with van der Waals surface area (Å²) in [6, 6.07) is 3.80. The highest BCUT2D eigenvalue weighted by Crippen LogP contribution is 2.12. The minimum Gasteiger partial charge on any atom is -0.481 e. The van der Waals surface area contributed by atoms with E-state index < -0.39 is 5.97 Å². The van der Waals surface area contributed by atoms with Crippen LogP contribution in [0, 0.1) is 0 Å². The number of amides is 2. The van der Waals surface area contributed by atoms with Crippen LogP contribution in [0.1, 0.15) is 18.2 Å². The molecule has 0 aliphatic carbocycles. The fourth-order valence-electron chi connectivity index (χ4n) is 1.51. The van der Waals surface area contributed by atoms with E-state index >= 15 is 0 Å². The first-order valence-corrected chi connectivity index (χ1v) is 6.66. The van der Waals surface area contributed by atoms with Gasteiger partial charge in [-0.15, -0.1) is 11.3 Å². The quantitative estimate of drug-likeness (QED) is 0.861. The SMILES string of the molecule is CCN(Cc1cccs1)C(=O)N(C)CCC(=O)O. The summed E-state index contributed by atoms with van der Waals surface area (Å²) in [4.78, 5) is 26.8. The number of aliphatic carboxylic acids is 1. The molecular weight excluding hydrogens is 252 g/mol. The molecule has 0 aliphatic rings. The summed E-state index contributed by atoms with van der Waals surface area (Å²) in [6.45, 7) is 3.32. The van der Waals surface area contributed by atoms with Gasteiger partial charge in [0.05, 0.1) is 13.0 Å². The number of carboxylic acids is 1. The van der Waals surface area contributed by atoms with Gasteiger partial charge in [0.15, 0.2) is 0 Å². The Morgan fingerprint density at radius 3 is 2.67 bits per heavy atom. The number of carbonyl (C=O) groups excluding carboxylic acids is 1. The molecule has 0 fully saturated rings. The van der Waals surface area contributed by atoms with Crippen LogP contribution in [0.15, 0.2) is 17.5 Å². The number of hydrogen-bond acceptors (Lipinski definition) is 3. The van der Waals surface area contributed by atoms with Gasteiger partial charge in [0.2, 0.25) is 0 Å². The van der Waals surface area contributed by atoms with Crippen LogP contribution in [-0.2, 0) is 11.3 Å². The minimum absolute atomic E-state index is 0.0290. The van der Waals surface area contributed by atoms with Gasteiger partial charge in [-0.1, -0.05) is 6.07 Å². The third kappa shape index (κ3) is 4.37. The summed E-state index contributed by atoms with van der Waals surface area (Å²) >= 11 is 1.61. The predicted molar refractivity (Wildman–Crippen MR) is 70.7 cm³/mol. The Hall–Kier alpha value is -1.56. The standard InChI is InChI=1S/C12H18N2O3S/c1-3-14(9-10-5-4-8-18-10)12(17)13(2)7-6-11(15)16/h4-5,8H,3,6-7,9H2,1-2H3,(H,15,16). The second kappa shape index (κ2) is 7.00. The summed E-state index contributed by atoms with van der Waals surface area (Å²) in [5.74, 6) is -0.893. The molecule has 0 saturated heterocycles. The van der Waals surface area contributed by atoms with E-state index in [4.69, 9.17) is 5.11 Å². The zero-order valence-corrected chi connectivity index (χ0v) is 11.4. The second-order valence-electron chi connectivity index (χ2n) is 3.94. The zero-order valence-electron chi connectivity index (χ0n) is 10.6. The number of carbonyl (C=O) groups is 2. The molecule has 18 heavy (non-hydrogen) atoms. The minimum atomic E-state index is -0.893. The highest BCUT2D eigenvalue weighted by atomic mass is 32.1. The van der Waals surface area contributed by atoms with Crippen molar-refractivity contribution in [2.75, 3.05) is 20.1 Å². The van der Waals surface area contributed by atoms with Gasteiger partial charge in [-0.3, -0.25) is 4.79 Å². The first-order chi connectivity index (χ1) is 8.54. The average molecular weight is 270 g/mol. The molecule has 1 N–H and O–H groups in total. The molecule has 0 aromatic carbocycles. The third-order valence-electron chi connectivity index (χ3n) is 2.57. The summed E-state index contributed by atoms with van der Waals surface area (Å²) < 4.78 is 0. The van der Waals surface area contributed by atoms with E-state index in [1.807, 2.05) is 24.4 Å². The first kappa shape index (κ1) is 14.5. The molecule has 0 saturated carbocycles. The topological polar surface area (TPSA) is 60.9 Å². The van der Waals surface area contributed by atoms with E-state index in [0.717, 1.165) is 4.88 Å². The molecule has 0 aliphatic heterocycles. The van der Waals surface area contributed by atoms with Crippen molar-refractivity contribution in [2.24, 2.45) is 0 Å². The number of nitrogens with zero attached hydrogens (tertiary/aromatic N) is 2. The lowest BCUT2D eigenvalue weighted by atomic mass is 10.4. The van der Waals surface area contributed by atoms with Gasteiger partial charge in [0.1, 0.15) is 0 Å². The second-order valence-corrected chi connectivity index (χ2v) is 4.97. The molecular formula is C12H18N2O3S. The predicted octanol–water partition coefficient (Wildman–Crippen LogP) is 2.10. The molecule has 0 unspecified atom stereocenters. The van der Waals surface area contributed by atoms with E-state index in [2.05, 4.69) is 0 Å². The number of hydrogen-bond donors (Lipinski definition) is 1. The molecule has 100 valence electrons. The van der Waals surface area contributed by atoms with Crippen LogP contribution >= 0.6 is 11.3 Å². The van der Waals surface area contributed by atoms with Crippen LogP contribution in [0.5, 0.6) is 0 Å². The molecule has 1 aromatic rings. The molecule has 6 heteroatoms. The maximum Gasteiger partial charge on any atom is 0.320 e. The molecule has 1 aromatic heterocycles. The van der Waals surface area contributed by atoms with E-state index in [0.29, 0.717) is 13.1 Å². The van der Waals surface area contributed by atoms with Gasteiger partial charge in [-0.05, 0) is 18.4 Å². The molecule has 1 heterocycles. The van der Waals surface area contributed by atoms with Crippen molar-refractivity contribution in [3.8, 4) is 0 Å². The molecule has 0 spiro atoms. The Bertz CT molecular complexity index is 392. The van der Waals surface area contributed by atoms with Crippen molar-refractivity contribution in [3.63, 3.8) is 0 Å². The Morgan fingerprint density at radius 1 is 1.44 bits per heavy atom. The first-order valence-electron chi connectivity index (χ1n) is 5.78. The Labute approximate surface area is 111 Å². The smallest absolute Gasteiger partial charge is 0.320 e. The molecule has 0 bridgehead atoms. The van der Waals surface area contributed by atoms with Crippen LogP contribution in [-0.4, -0.2) is 47.0 Å². The van der Waals surface area contributed by atoms with Crippen molar-refractivity contribution in [3.05, 3.63) is 22.4 Å². The van der Waals surface area contributed by atoms with Crippen LogP contribution in [0.2, 0.25) is 0 Å². The fraction of sp³-hybridized carbons (Fsp3) is 0.500.